The van der Waals surface area contributed by atoms with E-state index in [1.807, 2.05) is 19.9 Å². The van der Waals surface area contributed by atoms with Crippen molar-refractivity contribution in [3.05, 3.63) is 11.6 Å². The van der Waals surface area contributed by atoms with Gasteiger partial charge in [-0.3, -0.25) is 4.79 Å². The first-order valence-corrected chi connectivity index (χ1v) is 6.65. The highest BCUT2D eigenvalue weighted by Gasteiger charge is 2.14. The van der Waals surface area contributed by atoms with E-state index in [1.165, 1.54) is 32.1 Å². The Bertz CT molecular complexity index is 267. The van der Waals surface area contributed by atoms with Crippen LogP contribution in [0.1, 0.15) is 46.0 Å². The van der Waals surface area contributed by atoms with E-state index in [0.717, 1.165) is 18.1 Å². The first-order valence-electron chi connectivity index (χ1n) is 6.65. The number of nitrogens with one attached hydrogen (secondary N) is 1. The van der Waals surface area contributed by atoms with Gasteiger partial charge in [0, 0.05) is 12.6 Å². The quantitative estimate of drug-likeness (QED) is 0.749. The summed E-state index contributed by atoms with van der Waals surface area (Å²) < 4.78 is 5.79. The highest BCUT2D eigenvalue weighted by molar-refractivity contribution is 5.92. The van der Waals surface area contributed by atoms with E-state index >= 15 is 0 Å². The van der Waals surface area contributed by atoms with Gasteiger partial charge in [-0.2, -0.15) is 0 Å². The minimum absolute atomic E-state index is 0.0224. The number of hydrogen-bond acceptors (Lipinski definition) is 2. The van der Waals surface area contributed by atoms with Crippen LogP contribution in [0.25, 0.3) is 0 Å². The molecule has 1 unspecified atom stereocenters. The summed E-state index contributed by atoms with van der Waals surface area (Å²) in [6.45, 7) is 4.65. The molecule has 1 fully saturated rings. The third-order valence-electron chi connectivity index (χ3n) is 3.39. The number of hydrogen-bond donors (Lipinski definition) is 1. The molecular formula is C14H25NO2. The normalized spacial score (nSPS) is 20.1. The van der Waals surface area contributed by atoms with Crippen LogP contribution in [0.15, 0.2) is 11.6 Å². The summed E-state index contributed by atoms with van der Waals surface area (Å²) in [6.07, 6.45) is 8.57. The fourth-order valence-corrected chi connectivity index (χ4v) is 2.31. The zero-order valence-corrected chi connectivity index (χ0v) is 11.3. The number of amides is 1. The predicted molar refractivity (Wildman–Crippen MR) is 69.8 cm³/mol. The fourth-order valence-electron chi connectivity index (χ4n) is 2.31. The van der Waals surface area contributed by atoms with Gasteiger partial charge in [0.1, 0.15) is 0 Å². The van der Waals surface area contributed by atoms with Crippen molar-refractivity contribution in [2.45, 2.75) is 52.1 Å². The highest BCUT2D eigenvalue weighted by atomic mass is 16.5. The van der Waals surface area contributed by atoms with Gasteiger partial charge in [0.25, 0.3) is 0 Å². The molecule has 0 aromatic heterocycles. The van der Waals surface area contributed by atoms with Crippen molar-refractivity contribution in [2.24, 2.45) is 5.92 Å². The number of likely N-dealkylation sites (N-methyl/N-ethyl adjacent to an activating group) is 1. The van der Waals surface area contributed by atoms with Crippen LogP contribution in [0.5, 0.6) is 0 Å². The Kier molecular flexibility index (Phi) is 6.27. The van der Waals surface area contributed by atoms with Crippen molar-refractivity contribution in [3.8, 4) is 0 Å². The largest absolute Gasteiger partial charge is 0.374 e. The molecule has 1 aliphatic rings. The van der Waals surface area contributed by atoms with Crippen LogP contribution in [0, 0.1) is 5.92 Å². The second-order valence-electron chi connectivity index (χ2n) is 4.97. The van der Waals surface area contributed by atoms with Gasteiger partial charge in [0.05, 0.1) is 12.7 Å². The van der Waals surface area contributed by atoms with Crippen LogP contribution in [0.2, 0.25) is 0 Å². The Balaban J connectivity index is 2.28. The second kappa shape index (κ2) is 7.49. The molecule has 0 heterocycles. The molecule has 0 aromatic rings. The van der Waals surface area contributed by atoms with Crippen LogP contribution >= 0.6 is 0 Å². The molecule has 1 aliphatic carbocycles. The van der Waals surface area contributed by atoms with Crippen LogP contribution in [0.3, 0.4) is 0 Å². The summed E-state index contributed by atoms with van der Waals surface area (Å²) in [5.41, 5.74) is 0.726. The number of carbonyl (C=O) groups excluding carboxylic acids is 1. The van der Waals surface area contributed by atoms with Crippen molar-refractivity contribution in [3.63, 3.8) is 0 Å². The molecule has 3 heteroatoms. The molecule has 17 heavy (non-hydrogen) atoms. The van der Waals surface area contributed by atoms with Crippen molar-refractivity contribution >= 4 is 5.91 Å². The number of ether oxygens (including phenoxy) is 1. The number of rotatable bonds is 5. The summed E-state index contributed by atoms with van der Waals surface area (Å²) >= 11 is 0. The van der Waals surface area contributed by atoms with Crippen molar-refractivity contribution in [2.75, 3.05) is 13.7 Å². The molecule has 0 spiro atoms. The van der Waals surface area contributed by atoms with Crippen molar-refractivity contribution in [1.29, 1.82) is 0 Å². The average Bonchev–Trinajstić information content (AvgIpc) is 2.36. The van der Waals surface area contributed by atoms with Gasteiger partial charge in [-0.15, -0.1) is 0 Å². The lowest BCUT2D eigenvalue weighted by Crippen LogP contribution is -2.21. The third-order valence-corrected chi connectivity index (χ3v) is 3.39. The van der Waals surface area contributed by atoms with E-state index in [2.05, 4.69) is 5.32 Å². The molecule has 1 amide bonds. The Labute approximate surface area is 105 Å². The second-order valence-corrected chi connectivity index (χ2v) is 4.97. The van der Waals surface area contributed by atoms with Gasteiger partial charge in [-0.05, 0) is 38.7 Å². The maximum absolute atomic E-state index is 11.3. The Morgan fingerprint density at radius 1 is 1.41 bits per heavy atom. The lowest BCUT2D eigenvalue weighted by atomic mass is 9.90. The third kappa shape index (κ3) is 5.35. The summed E-state index contributed by atoms with van der Waals surface area (Å²) in [7, 11) is 1.65. The molecule has 1 rings (SSSR count). The lowest BCUT2D eigenvalue weighted by molar-refractivity contribution is -0.117. The SMILES string of the molecule is CNC(=O)/C(C)=C/C(C)OCC1CCCCC1. The monoisotopic (exact) mass is 239 g/mol. The summed E-state index contributed by atoms with van der Waals surface area (Å²) in [5.74, 6) is 0.693. The van der Waals surface area contributed by atoms with Crippen molar-refractivity contribution in [1.82, 2.24) is 5.32 Å². The standard InChI is InChI=1S/C14H25NO2/c1-11(14(16)15-3)9-12(2)17-10-13-7-5-4-6-8-13/h9,12-13H,4-8,10H2,1-3H3,(H,15,16)/b11-9+. The lowest BCUT2D eigenvalue weighted by Gasteiger charge is -2.22. The molecule has 1 N–H and O–H groups in total. The van der Waals surface area contributed by atoms with Crippen LogP contribution in [-0.4, -0.2) is 25.7 Å². The predicted octanol–water partition coefficient (Wildman–Crippen LogP) is 2.66. The minimum atomic E-state index is -0.0295. The topological polar surface area (TPSA) is 38.3 Å². The fraction of sp³-hybridized carbons (Fsp3) is 0.786. The van der Waals surface area contributed by atoms with Crippen molar-refractivity contribution < 1.29 is 9.53 Å². The van der Waals surface area contributed by atoms with E-state index in [9.17, 15) is 4.79 Å². The maximum Gasteiger partial charge on any atom is 0.246 e. The van der Waals surface area contributed by atoms with E-state index in [0.29, 0.717) is 0 Å². The van der Waals surface area contributed by atoms with Gasteiger partial charge in [-0.1, -0.05) is 19.3 Å². The first kappa shape index (κ1) is 14.2. The number of carbonyl (C=O) groups is 1. The molecule has 98 valence electrons. The molecule has 3 nitrogen and oxygen atoms in total. The molecule has 0 bridgehead atoms. The molecule has 0 aliphatic heterocycles. The molecule has 1 saturated carbocycles. The molecule has 0 radical (unpaired) electrons. The molecule has 0 saturated heterocycles. The van der Waals surface area contributed by atoms with Gasteiger partial charge < -0.3 is 10.1 Å². The molecular weight excluding hydrogens is 214 g/mol. The zero-order valence-electron chi connectivity index (χ0n) is 11.3. The summed E-state index contributed by atoms with van der Waals surface area (Å²) in [6, 6.07) is 0. The van der Waals surface area contributed by atoms with E-state index < -0.39 is 0 Å². The molecule has 1 atom stereocenters. The Morgan fingerprint density at radius 3 is 2.65 bits per heavy atom. The Morgan fingerprint density at radius 2 is 2.06 bits per heavy atom. The van der Waals surface area contributed by atoms with E-state index in [4.69, 9.17) is 4.74 Å². The highest BCUT2D eigenvalue weighted by Crippen LogP contribution is 2.24. The van der Waals surface area contributed by atoms with Gasteiger partial charge in [0.2, 0.25) is 5.91 Å². The minimum Gasteiger partial charge on any atom is -0.374 e. The van der Waals surface area contributed by atoms with Crippen LogP contribution < -0.4 is 5.32 Å². The summed E-state index contributed by atoms with van der Waals surface area (Å²) in [5, 5.41) is 2.61. The van der Waals surface area contributed by atoms with Crippen LogP contribution in [-0.2, 0) is 9.53 Å². The summed E-state index contributed by atoms with van der Waals surface area (Å²) in [4.78, 5) is 11.3. The van der Waals surface area contributed by atoms with Gasteiger partial charge in [0.15, 0.2) is 0 Å². The Hall–Kier alpha value is -0.830. The van der Waals surface area contributed by atoms with E-state index in [-0.39, 0.29) is 12.0 Å². The zero-order chi connectivity index (χ0) is 12.7. The maximum atomic E-state index is 11.3. The molecule has 0 aromatic carbocycles. The first-order chi connectivity index (χ1) is 8.13. The van der Waals surface area contributed by atoms with E-state index in [1.54, 1.807) is 7.05 Å². The smallest absolute Gasteiger partial charge is 0.246 e. The van der Waals surface area contributed by atoms with Crippen LogP contribution in [0.4, 0.5) is 0 Å². The van der Waals surface area contributed by atoms with Gasteiger partial charge >= 0.3 is 0 Å². The average molecular weight is 239 g/mol. The van der Waals surface area contributed by atoms with Gasteiger partial charge in [-0.25, -0.2) is 0 Å².